The Kier molecular flexibility index (Phi) is 5.99. The minimum Gasteiger partial charge on any atom is -0.493 e. The van der Waals surface area contributed by atoms with E-state index < -0.39 is 5.91 Å². The Morgan fingerprint density at radius 3 is 2.53 bits per heavy atom. The maximum absolute atomic E-state index is 12.2. The third-order valence-electron chi connectivity index (χ3n) is 5.09. The van der Waals surface area contributed by atoms with Crippen LogP contribution >= 0.6 is 22.9 Å². The standard InChI is InChI=1S/C23H22ClN3O4S/c1-12-5-6-15(24)14(7-12)13(2)31-20-10-21(32-22(20)23(25)28)27-11-26-16-8-18(29-3)19(30-4)9-17(16)27/h5-11,13H,1-4H3,(H2,25,28). The fourth-order valence-electron chi connectivity index (χ4n) is 3.48. The average molecular weight is 472 g/mol. The maximum atomic E-state index is 12.2. The molecule has 0 aliphatic heterocycles. The average Bonchev–Trinajstić information content (AvgIpc) is 3.37. The van der Waals surface area contributed by atoms with Crippen molar-refractivity contribution in [3.63, 3.8) is 0 Å². The van der Waals surface area contributed by atoms with E-state index in [1.165, 1.54) is 11.3 Å². The highest BCUT2D eigenvalue weighted by atomic mass is 35.5. The largest absolute Gasteiger partial charge is 0.493 e. The maximum Gasteiger partial charge on any atom is 0.262 e. The van der Waals surface area contributed by atoms with Crippen LogP contribution in [-0.4, -0.2) is 29.7 Å². The van der Waals surface area contributed by atoms with Gasteiger partial charge in [0.25, 0.3) is 5.91 Å². The van der Waals surface area contributed by atoms with Crippen molar-refractivity contribution in [3.05, 3.63) is 63.8 Å². The number of thiophene rings is 1. The third kappa shape index (κ3) is 3.99. The lowest BCUT2D eigenvalue weighted by Gasteiger charge is -2.16. The number of rotatable bonds is 7. The SMILES string of the molecule is COc1cc2ncn(-c3cc(OC(C)c4cc(C)ccc4Cl)c(C(N)=O)s3)c2cc1OC. The number of methoxy groups -OCH3 is 2. The molecule has 2 N–H and O–H groups in total. The topological polar surface area (TPSA) is 88.6 Å². The number of carbonyl (C=O) groups is 1. The van der Waals surface area contributed by atoms with Crippen molar-refractivity contribution in [2.45, 2.75) is 20.0 Å². The number of primary amides is 1. The minimum absolute atomic E-state index is 0.318. The van der Waals surface area contributed by atoms with Crippen LogP contribution < -0.4 is 19.9 Å². The minimum atomic E-state index is -0.567. The van der Waals surface area contributed by atoms with Crippen molar-refractivity contribution in [3.8, 4) is 22.2 Å². The second-order valence-electron chi connectivity index (χ2n) is 7.24. The van der Waals surface area contributed by atoms with Crippen LogP contribution in [0.3, 0.4) is 0 Å². The van der Waals surface area contributed by atoms with Crippen molar-refractivity contribution in [1.82, 2.24) is 9.55 Å². The van der Waals surface area contributed by atoms with Gasteiger partial charge in [-0.2, -0.15) is 0 Å². The fourth-order valence-corrected chi connectivity index (χ4v) is 4.68. The van der Waals surface area contributed by atoms with Crippen LogP contribution in [0.25, 0.3) is 16.0 Å². The van der Waals surface area contributed by atoms with Crippen molar-refractivity contribution in [2.24, 2.45) is 5.73 Å². The van der Waals surface area contributed by atoms with Crippen molar-refractivity contribution >= 4 is 39.9 Å². The van der Waals surface area contributed by atoms with Gasteiger partial charge in [0.2, 0.25) is 0 Å². The molecule has 32 heavy (non-hydrogen) atoms. The monoisotopic (exact) mass is 471 g/mol. The summed E-state index contributed by atoms with van der Waals surface area (Å²) < 4.78 is 18.8. The zero-order valence-electron chi connectivity index (χ0n) is 18.0. The Labute approximate surface area is 194 Å². The predicted octanol–water partition coefficient (Wildman–Crippen LogP) is 5.30. The molecule has 9 heteroatoms. The second kappa shape index (κ2) is 8.72. The van der Waals surface area contributed by atoms with E-state index in [0.717, 1.165) is 27.2 Å². The molecule has 2 heterocycles. The van der Waals surface area contributed by atoms with Crippen LogP contribution in [0.2, 0.25) is 5.02 Å². The van der Waals surface area contributed by atoms with Crippen LogP contribution in [0.4, 0.5) is 0 Å². The number of fused-ring (bicyclic) bond motifs is 1. The number of carbonyl (C=O) groups excluding carboxylic acids is 1. The number of aromatic nitrogens is 2. The second-order valence-corrected chi connectivity index (χ2v) is 8.68. The summed E-state index contributed by atoms with van der Waals surface area (Å²) in [6, 6.07) is 11.1. The summed E-state index contributed by atoms with van der Waals surface area (Å²) in [6.07, 6.45) is 1.29. The zero-order valence-corrected chi connectivity index (χ0v) is 19.6. The lowest BCUT2D eigenvalue weighted by atomic mass is 10.1. The molecular weight excluding hydrogens is 450 g/mol. The smallest absolute Gasteiger partial charge is 0.262 e. The first kappa shape index (κ1) is 22.0. The van der Waals surface area contributed by atoms with E-state index in [2.05, 4.69) is 4.98 Å². The van der Waals surface area contributed by atoms with E-state index in [4.69, 9.17) is 31.5 Å². The Morgan fingerprint density at radius 2 is 1.84 bits per heavy atom. The molecule has 0 aliphatic carbocycles. The van der Waals surface area contributed by atoms with Crippen LogP contribution in [0.5, 0.6) is 17.2 Å². The van der Waals surface area contributed by atoms with Crippen LogP contribution in [-0.2, 0) is 0 Å². The van der Waals surface area contributed by atoms with Crippen molar-refractivity contribution in [1.29, 1.82) is 0 Å². The molecule has 0 bridgehead atoms. The molecule has 166 valence electrons. The number of aryl methyl sites for hydroxylation is 1. The van der Waals surface area contributed by atoms with Gasteiger partial charge in [-0.25, -0.2) is 4.98 Å². The molecule has 1 amide bonds. The van der Waals surface area contributed by atoms with Gasteiger partial charge >= 0.3 is 0 Å². The first-order valence-corrected chi connectivity index (χ1v) is 11.0. The Hall–Kier alpha value is -3.23. The first-order valence-electron chi connectivity index (χ1n) is 9.78. The van der Waals surface area contributed by atoms with Gasteiger partial charge in [0, 0.05) is 28.8 Å². The van der Waals surface area contributed by atoms with Gasteiger partial charge < -0.3 is 19.9 Å². The summed E-state index contributed by atoms with van der Waals surface area (Å²) in [6.45, 7) is 3.87. The van der Waals surface area contributed by atoms with Crippen molar-refractivity contribution in [2.75, 3.05) is 14.2 Å². The number of halogens is 1. The Morgan fingerprint density at radius 1 is 1.12 bits per heavy atom. The number of ether oxygens (including phenoxy) is 3. The molecule has 0 aliphatic rings. The molecule has 0 saturated carbocycles. The quantitative estimate of drug-likeness (QED) is 0.395. The van der Waals surface area contributed by atoms with Crippen molar-refractivity contribution < 1.29 is 19.0 Å². The number of amides is 1. The summed E-state index contributed by atoms with van der Waals surface area (Å²) in [7, 11) is 3.15. The number of hydrogen-bond donors (Lipinski definition) is 1. The van der Waals surface area contributed by atoms with E-state index in [1.54, 1.807) is 32.7 Å². The number of imidazole rings is 1. The van der Waals surface area contributed by atoms with E-state index in [9.17, 15) is 4.79 Å². The highest BCUT2D eigenvalue weighted by Gasteiger charge is 2.21. The fraction of sp³-hybridized carbons (Fsp3) is 0.217. The molecule has 1 atom stereocenters. The van der Waals surface area contributed by atoms with Gasteiger partial charge in [0.05, 0.1) is 25.3 Å². The van der Waals surface area contributed by atoms with Crippen LogP contribution in [0.15, 0.2) is 42.7 Å². The molecule has 4 rings (SSSR count). The van der Waals surface area contributed by atoms with Crippen LogP contribution in [0, 0.1) is 6.92 Å². The summed E-state index contributed by atoms with van der Waals surface area (Å²) >= 11 is 7.59. The number of nitrogens with two attached hydrogens (primary N) is 1. The first-order chi connectivity index (χ1) is 15.3. The van der Waals surface area contributed by atoms with Crippen LogP contribution in [0.1, 0.15) is 33.8 Å². The van der Waals surface area contributed by atoms with Gasteiger partial charge in [0.1, 0.15) is 28.1 Å². The van der Waals surface area contributed by atoms with Gasteiger partial charge in [-0.3, -0.25) is 9.36 Å². The molecule has 2 aromatic carbocycles. The number of benzene rings is 2. The van der Waals surface area contributed by atoms with E-state index in [0.29, 0.717) is 27.1 Å². The highest BCUT2D eigenvalue weighted by molar-refractivity contribution is 7.16. The Bertz CT molecular complexity index is 1310. The summed E-state index contributed by atoms with van der Waals surface area (Å²) in [5.41, 5.74) is 9.06. The molecular formula is C23H22ClN3O4S. The third-order valence-corrected chi connectivity index (χ3v) is 6.57. The summed E-state index contributed by atoms with van der Waals surface area (Å²) in [4.78, 5) is 16.9. The van der Waals surface area contributed by atoms with E-state index in [-0.39, 0.29) is 6.10 Å². The Balaban J connectivity index is 1.75. The lowest BCUT2D eigenvalue weighted by molar-refractivity contribution is 0.0998. The molecule has 0 saturated heterocycles. The van der Waals surface area contributed by atoms with Gasteiger partial charge in [0.15, 0.2) is 11.5 Å². The van der Waals surface area contributed by atoms with E-state index >= 15 is 0 Å². The molecule has 0 radical (unpaired) electrons. The molecule has 4 aromatic rings. The normalized spacial score (nSPS) is 12.0. The van der Waals surface area contributed by atoms with E-state index in [1.807, 2.05) is 42.7 Å². The summed E-state index contributed by atoms with van der Waals surface area (Å²) in [5.74, 6) is 0.988. The number of nitrogens with zero attached hydrogens (tertiary/aromatic N) is 2. The van der Waals surface area contributed by atoms with Gasteiger partial charge in [-0.1, -0.05) is 29.3 Å². The predicted molar refractivity (Wildman–Crippen MR) is 126 cm³/mol. The van der Waals surface area contributed by atoms with Gasteiger partial charge in [-0.15, -0.1) is 11.3 Å². The van der Waals surface area contributed by atoms with Gasteiger partial charge in [-0.05, 0) is 19.9 Å². The molecule has 7 nitrogen and oxygen atoms in total. The molecule has 1 unspecified atom stereocenters. The molecule has 0 fully saturated rings. The number of hydrogen-bond acceptors (Lipinski definition) is 6. The highest BCUT2D eigenvalue weighted by Crippen LogP contribution is 2.38. The summed E-state index contributed by atoms with van der Waals surface area (Å²) in [5, 5.41) is 1.33. The molecule has 2 aromatic heterocycles. The zero-order chi connectivity index (χ0) is 23.0. The molecule has 0 spiro atoms. The lowest BCUT2D eigenvalue weighted by Crippen LogP contribution is -2.12.